The molecule has 118 valence electrons. The molecule has 0 aromatic heterocycles. The molecule has 0 bridgehead atoms. The van der Waals surface area contributed by atoms with Gasteiger partial charge in [-0.1, -0.05) is 18.6 Å². The van der Waals surface area contributed by atoms with Crippen molar-refractivity contribution in [2.75, 3.05) is 18.0 Å². The highest BCUT2D eigenvalue weighted by molar-refractivity contribution is 6.00. The molecule has 1 atom stereocenters. The second-order valence-corrected chi connectivity index (χ2v) is 6.67. The van der Waals surface area contributed by atoms with Crippen LogP contribution in [0.15, 0.2) is 18.2 Å². The van der Waals surface area contributed by atoms with Gasteiger partial charge >= 0.3 is 0 Å². The number of benzene rings is 1. The smallest absolute Gasteiger partial charge is 0.227 e. The molecule has 0 spiro atoms. The quantitative estimate of drug-likeness (QED) is 0.929. The molecule has 1 heterocycles. The van der Waals surface area contributed by atoms with Gasteiger partial charge in [0.05, 0.1) is 5.92 Å². The first-order valence-corrected chi connectivity index (χ1v) is 8.20. The molecular weight excluding hydrogens is 276 g/mol. The van der Waals surface area contributed by atoms with E-state index < -0.39 is 0 Å². The number of nitrogens with one attached hydrogen (secondary N) is 1. The molecule has 1 saturated carbocycles. The van der Waals surface area contributed by atoms with Gasteiger partial charge in [-0.25, -0.2) is 0 Å². The van der Waals surface area contributed by atoms with E-state index in [9.17, 15) is 9.59 Å². The number of rotatable bonds is 4. The molecule has 1 aromatic rings. The molecular formula is C18H24N2O2. The Morgan fingerprint density at radius 3 is 2.77 bits per heavy atom. The van der Waals surface area contributed by atoms with E-state index in [-0.39, 0.29) is 17.7 Å². The largest absolute Gasteiger partial charge is 0.356 e. The SMILES string of the molecule is Cc1cccc(N2C[C@H](C(=O)NCC3CCC3)CC2=O)c1C. The average Bonchev–Trinajstić information content (AvgIpc) is 2.82. The van der Waals surface area contributed by atoms with Gasteiger partial charge in [-0.05, 0) is 49.8 Å². The van der Waals surface area contributed by atoms with Gasteiger partial charge in [-0.2, -0.15) is 0 Å². The Kier molecular flexibility index (Phi) is 4.19. The first-order chi connectivity index (χ1) is 10.6. The van der Waals surface area contributed by atoms with Crippen molar-refractivity contribution in [3.63, 3.8) is 0 Å². The minimum Gasteiger partial charge on any atom is -0.356 e. The number of hydrogen-bond acceptors (Lipinski definition) is 2. The van der Waals surface area contributed by atoms with Gasteiger partial charge in [0, 0.05) is 25.2 Å². The Bertz CT molecular complexity index is 593. The monoisotopic (exact) mass is 300 g/mol. The molecule has 1 aromatic carbocycles. The number of carbonyl (C=O) groups is 2. The summed E-state index contributed by atoms with van der Waals surface area (Å²) in [6.07, 6.45) is 4.05. The molecule has 1 aliphatic heterocycles. The fourth-order valence-corrected chi connectivity index (χ4v) is 3.23. The van der Waals surface area contributed by atoms with E-state index in [1.807, 2.05) is 32.0 Å². The molecule has 4 heteroatoms. The van der Waals surface area contributed by atoms with Crippen molar-refractivity contribution in [2.24, 2.45) is 11.8 Å². The van der Waals surface area contributed by atoms with Crippen molar-refractivity contribution >= 4 is 17.5 Å². The number of aryl methyl sites for hydroxylation is 1. The number of nitrogens with zero attached hydrogens (tertiary/aromatic N) is 1. The lowest BCUT2D eigenvalue weighted by Gasteiger charge is -2.26. The van der Waals surface area contributed by atoms with E-state index in [1.54, 1.807) is 4.90 Å². The van der Waals surface area contributed by atoms with E-state index in [2.05, 4.69) is 5.32 Å². The fraction of sp³-hybridized carbons (Fsp3) is 0.556. The van der Waals surface area contributed by atoms with Crippen molar-refractivity contribution in [2.45, 2.75) is 39.5 Å². The summed E-state index contributed by atoms with van der Waals surface area (Å²) in [5, 5.41) is 3.03. The Morgan fingerprint density at radius 2 is 2.09 bits per heavy atom. The summed E-state index contributed by atoms with van der Waals surface area (Å²) >= 11 is 0. The van der Waals surface area contributed by atoms with E-state index in [0.29, 0.717) is 18.9 Å². The van der Waals surface area contributed by atoms with Crippen LogP contribution in [0.1, 0.15) is 36.8 Å². The van der Waals surface area contributed by atoms with Gasteiger partial charge in [-0.3, -0.25) is 9.59 Å². The normalized spacial score (nSPS) is 21.8. The molecule has 4 nitrogen and oxygen atoms in total. The number of amides is 2. The third-order valence-electron chi connectivity index (χ3n) is 5.15. The first kappa shape index (κ1) is 15.1. The number of anilines is 1. The molecule has 22 heavy (non-hydrogen) atoms. The summed E-state index contributed by atoms with van der Waals surface area (Å²) in [4.78, 5) is 26.4. The van der Waals surface area contributed by atoms with Crippen molar-refractivity contribution in [3.05, 3.63) is 29.3 Å². The first-order valence-electron chi connectivity index (χ1n) is 8.20. The van der Waals surface area contributed by atoms with E-state index in [1.165, 1.54) is 24.8 Å². The highest BCUT2D eigenvalue weighted by atomic mass is 16.2. The molecule has 1 N–H and O–H groups in total. The van der Waals surface area contributed by atoms with Gasteiger partial charge in [0.25, 0.3) is 0 Å². The zero-order chi connectivity index (χ0) is 15.7. The summed E-state index contributed by atoms with van der Waals surface area (Å²) in [5.74, 6) is 0.522. The van der Waals surface area contributed by atoms with E-state index in [0.717, 1.165) is 17.8 Å². The second-order valence-electron chi connectivity index (χ2n) is 6.67. The summed E-state index contributed by atoms with van der Waals surface area (Å²) in [6.45, 7) is 5.34. The highest BCUT2D eigenvalue weighted by Gasteiger charge is 2.36. The van der Waals surface area contributed by atoms with Gasteiger partial charge in [0.2, 0.25) is 11.8 Å². The Labute approximate surface area is 131 Å². The average molecular weight is 300 g/mol. The van der Waals surface area contributed by atoms with Crippen molar-refractivity contribution in [3.8, 4) is 0 Å². The third kappa shape index (κ3) is 2.87. The lowest BCUT2D eigenvalue weighted by molar-refractivity contribution is -0.126. The van der Waals surface area contributed by atoms with Crippen LogP contribution in [0.5, 0.6) is 0 Å². The topological polar surface area (TPSA) is 49.4 Å². The van der Waals surface area contributed by atoms with Crippen LogP contribution < -0.4 is 10.2 Å². The Balaban J connectivity index is 1.64. The van der Waals surface area contributed by atoms with Gasteiger partial charge < -0.3 is 10.2 Å². The van der Waals surface area contributed by atoms with Crippen LogP contribution in [0, 0.1) is 25.7 Å². The van der Waals surface area contributed by atoms with Gasteiger partial charge in [-0.15, -0.1) is 0 Å². The lowest BCUT2D eigenvalue weighted by atomic mass is 9.85. The van der Waals surface area contributed by atoms with Crippen molar-refractivity contribution in [1.82, 2.24) is 5.32 Å². The Morgan fingerprint density at radius 1 is 1.32 bits per heavy atom. The molecule has 1 aliphatic carbocycles. The maximum atomic E-state index is 12.3. The van der Waals surface area contributed by atoms with E-state index >= 15 is 0 Å². The molecule has 3 rings (SSSR count). The molecule has 2 amide bonds. The molecule has 0 unspecified atom stereocenters. The van der Waals surface area contributed by atoms with Crippen molar-refractivity contribution < 1.29 is 9.59 Å². The lowest BCUT2D eigenvalue weighted by Crippen LogP contribution is -2.37. The summed E-state index contributed by atoms with van der Waals surface area (Å²) < 4.78 is 0. The maximum absolute atomic E-state index is 12.3. The number of carbonyl (C=O) groups excluding carboxylic acids is 2. The molecule has 1 saturated heterocycles. The van der Waals surface area contributed by atoms with Crippen LogP contribution in [0.25, 0.3) is 0 Å². The third-order valence-corrected chi connectivity index (χ3v) is 5.15. The Hall–Kier alpha value is -1.84. The summed E-state index contributed by atoms with van der Waals surface area (Å²) in [5.41, 5.74) is 3.23. The van der Waals surface area contributed by atoms with Crippen LogP contribution >= 0.6 is 0 Å². The number of hydrogen-bond donors (Lipinski definition) is 1. The minimum atomic E-state index is -0.215. The maximum Gasteiger partial charge on any atom is 0.227 e. The predicted molar refractivity (Wildman–Crippen MR) is 86.7 cm³/mol. The molecule has 0 radical (unpaired) electrons. The zero-order valence-electron chi connectivity index (χ0n) is 13.4. The van der Waals surface area contributed by atoms with Crippen LogP contribution in [-0.2, 0) is 9.59 Å². The second kappa shape index (κ2) is 6.11. The van der Waals surface area contributed by atoms with Gasteiger partial charge in [0.1, 0.15) is 0 Å². The van der Waals surface area contributed by atoms with Crippen LogP contribution in [0.3, 0.4) is 0 Å². The zero-order valence-corrected chi connectivity index (χ0v) is 13.4. The van der Waals surface area contributed by atoms with Crippen LogP contribution in [0.4, 0.5) is 5.69 Å². The summed E-state index contributed by atoms with van der Waals surface area (Å²) in [7, 11) is 0. The highest BCUT2D eigenvalue weighted by Crippen LogP contribution is 2.30. The van der Waals surface area contributed by atoms with Gasteiger partial charge in [0.15, 0.2) is 0 Å². The fourth-order valence-electron chi connectivity index (χ4n) is 3.23. The van der Waals surface area contributed by atoms with Crippen LogP contribution in [-0.4, -0.2) is 24.9 Å². The predicted octanol–water partition coefficient (Wildman–Crippen LogP) is 2.57. The van der Waals surface area contributed by atoms with Crippen molar-refractivity contribution in [1.29, 1.82) is 0 Å². The standard InChI is InChI=1S/C18H24N2O2/c1-12-5-3-8-16(13(12)2)20-11-15(9-17(20)21)18(22)19-10-14-6-4-7-14/h3,5,8,14-15H,4,6-7,9-11H2,1-2H3,(H,19,22)/t15-/m1/s1. The van der Waals surface area contributed by atoms with E-state index in [4.69, 9.17) is 0 Å². The minimum absolute atomic E-state index is 0.0352. The summed E-state index contributed by atoms with van der Waals surface area (Å²) in [6, 6.07) is 5.98. The van der Waals surface area contributed by atoms with Crippen LogP contribution in [0.2, 0.25) is 0 Å². The molecule has 2 fully saturated rings. The molecule has 2 aliphatic rings.